The lowest BCUT2D eigenvalue weighted by Crippen LogP contribution is -2.26. The fourth-order valence-electron chi connectivity index (χ4n) is 2.78. The molecule has 0 saturated heterocycles. The summed E-state index contributed by atoms with van der Waals surface area (Å²) in [5.41, 5.74) is 1.48. The number of rotatable bonds is 10. The zero-order valence-electron chi connectivity index (χ0n) is 17.4. The minimum atomic E-state index is -0.246. The summed E-state index contributed by atoms with van der Waals surface area (Å²) in [7, 11) is 1.50. The molecule has 8 nitrogen and oxygen atoms in total. The number of hydrogen-bond donors (Lipinski definition) is 3. The Bertz CT molecular complexity index is 898. The Kier molecular flexibility index (Phi) is 8.68. The highest BCUT2D eigenvalue weighted by molar-refractivity contribution is 5.97. The summed E-state index contributed by atoms with van der Waals surface area (Å²) in [5, 5.41) is 8.23. The highest BCUT2D eigenvalue weighted by atomic mass is 16.5. The van der Waals surface area contributed by atoms with Crippen LogP contribution >= 0.6 is 0 Å². The molecule has 3 N–H and O–H groups in total. The first kappa shape index (κ1) is 22.7. The van der Waals surface area contributed by atoms with Crippen molar-refractivity contribution < 1.29 is 23.9 Å². The first-order chi connectivity index (χ1) is 14.4. The van der Waals surface area contributed by atoms with E-state index in [1.54, 1.807) is 42.5 Å². The lowest BCUT2D eigenvalue weighted by atomic mass is 10.2. The molecule has 0 aliphatic heterocycles. The van der Waals surface area contributed by atoms with Gasteiger partial charge in [0.2, 0.25) is 11.8 Å². The highest BCUT2D eigenvalue weighted by Gasteiger charge is 2.12. The van der Waals surface area contributed by atoms with Crippen LogP contribution in [-0.2, 0) is 9.59 Å². The molecule has 0 bridgehead atoms. The largest absolute Gasteiger partial charge is 0.495 e. The predicted molar refractivity (Wildman–Crippen MR) is 115 cm³/mol. The van der Waals surface area contributed by atoms with Crippen molar-refractivity contribution in [1.29, 1.82) is 0 Å². The molecule has 0 aliphatic carbocycles. The van der Waals surface area contributed by atoms with E-state index in [9.17, 15) is 14.4 Å². The maximum atomic E-state index is 12.3. The van der Waals surface area contributed by atoms with Gasteiger partial charge in [-0.3, -0.25) is 14.4 Å². The van der Waals surface area contributed by atoms with Crippen LogP contribution in [0.2, 0.25) is 0 Å². The number of methoxy groups -OCH3 is 1. The van der Waals surface area contributed by atoms with Crippen LogP contribution in [0.5, 0.6) is 11.5 Å². The fourth-order valence-corrected chi connectivity index (χ4v) is 2.78. The molecular formula is C22H27N3O5. The van der Waals surface area contributed by atoms with Crippen LogP contribution in [0.1, 0.15) is 37.0 Å². The molecule has 0 saturated carbocycles. The topological polar surface area (TPSA) is 106 Å². The number of carbonyl (C=O) groups is 3. The number of anilines is 2. The third kappa shape index (κ3) is 6.80. The monoisotopic (exact) mass is 413 g/mol. The minimum Gasteiger partial charge on any atom is -0.495 e. The molecule has 0 spiro atoms. The van der Waals surface area contributed by atoms with E-state index in [0.29, 0.717) is 48.0 Å². The van der Waals surface area contributed by atoms with E-state index in [1.807, 2.05) is 6.92 Å². The highest BCUT2D eigenvalue weighted by Crippen LogP contribution is 2.28. The quantitative estimate of drug-likeness (QED) is 0.519. The maximum absolute atomic E-state index is 12.3. The number of amides is 3. The zero-order valence-corrected chi connectivity index (χ0v) is 17.4. The molecule has 30 heavy (non-hydrogen) atoms. The number of nitrogens with one attached hydrogen (secondary N) is 3. The Morgan fingerprint density at radius 2 is 1.77 bits per heavy atom. The van der Waals surface area contributed by atoms with Crippen molar-refractivity contribution in [3.05, 3.63) is 48.0 Å². The van der Waals surface area contributed by atoms with Gasteiger partial charge in [-0.2, -0.15) is 0 Å². The van der Waals surface area contributed by atoms with Gasteiger partial charge in [0.25, 0.3) is 5.91 Å². The Morgan fingerprint density at radius 1 is 1.00 bits per heavy atom. The molecular weight excluding hydrogens is 386 g/mol. The fraction of sp³-hybridized carbons (Fsp3) is 0.318. The molecule has 0 atom stereocenters. The summed E-state index contributed by atoms with van der Waals surface area (Å²) in [6.45, 7) is 4.07. The van der Waals surface area contributed by atoms with Gasteiger partial charge in [0.1, 0.15) is 11.5 Å². The van der Waals surface area contributed by atoms with Crippen molar-refractivity contribution >= 4 is 29.1 Å². The summed E-state index contributed by atoms with van der Waals surface area (Å²) in [4.78, 5) is 35.8. The van der Waals surface area contributed by atoms with Crippen LogP contribution in [-0.4, -0.2) is 38.0 Å². The van der Waals surface area contributed by atoms with Crippen LogP contribution in [0.25, 0.3) is 0 Å². The lowest BCUT2D eigenvalue weighted by molar-refractivity contribution is -0.116. The normalized spacial score (nSPS) is 10.1. The molecule has 3 amide bonds. The predicted octanol–water partition coefficient (Wildman–Crippen LogP) is 3.20. The van der Waals surface area contributed by atoms with Gasteiger partial charge in [-0.15, -0.1) is 0 Å². The summed E-state index contributed by atoms with van der Waals surface area (Å²) in [6, 6.07) is 12.0. The SMILES string of the molecule is CCOc1ccccc1C(=O)NCCCC(=O)Nc1cc(NC(C)=O)ccc1OC. The maximum Gasteiger partial charge on any atom is 0.255 e. The van der Waals surface area contributed by atoms with Crippen LogP contribution < -0.4 is 25.4 Å². The van der Waals surface area contributed by atoms with Crippen LogP contribution in [0.4, 0.5) is 11.4 Å². The number of para-hydroxylation sites is 1. The number of ether oxygens (including phenoxy) is 2. The van der Waals surface area contributed by atoms with Crippen LogP contribution in [0.15, 0.2) is 42.5 Å². The van der Waals surface area contributed by atoms with Gasteiger partial charge in [-0.1, -0.05) is 12.1 Å². The number of benzene rings is 2. The summed E-state index contributed by atoms with van der Waals surface area (Å²) in [5.74, 6) is 0.333. The Labute approximate surface area is 175 Å². The molecule has 0 fully saturated rings. The lowest BCUT2D eigenvalue weighted by Gasteiger charge is -2.13. The average Bonchev–Trinajstić information content (AvgIpc) is 2.71. The number of hydrogen-bond acceptors (Lipinski definition) is 5. The van der Waals surface area contributed by atoms with Crippen LogP contribution in [0, 0.1) is 0 Å². The Hall–Kier alpha value is -3.55. The summed E-state index contributed by atoms with van der Waals surface area (Å²) >= 11 is 0. The van der Waals surface area contributed by atoms with Crippen molar-refractivity contribution in [2.24, 2.45) is 0 Å². The van der Waals surface area contributed by atoms with Crippen molar-refractivity contribution in [2.45, 2.75) is 26.7 Å². The van der Waals surface area contributed by atoms with E-state index in [1.165, 1.54) is 14.0 Å². The van der Waals surface area contributed by atoms with Gasteiger partial charge >= 0.3 is 0 Å². The van der Waals surface area contributed by atoms with Gasteiger partial charge in [-0.05, 0) is 43.7 Å². The number of carbonyl (C=O) groups excluding carboxylic acids is 3. The zero-order chi connectivity index (χ0) is 21.9. The van der Waals surface area contributed by atoms with Crippen molar-refractivity contribution in [3.63, 3.8) is 0 Å². The summed E-state index contributed by atoms with van der Waals surface area (Å²) < 4.78 is 10.7. The van der Waals surface area contributed by atoms with Gasteiger partial charge in [0.15, 0.2) is 0 Å². The van der Waals surface area contributed by atoms with Gasteiger partial charge < -0.3 is 25.4 Å². The first-order valence-electron chi connectivity index (χ1n) is 9.70. The smallest absolute Gasteiger partial charge is 0.255 e. The van der Waals surface area contributed by atoms with E-state index in [-0.39, 0.29) is 24.1 Å². The standard InChI is InChI=1S/C22H27N3O5/c1-4-30-19-9-6-5-8-17(19)22(28)23-13-7-10-21(27)25-18-14-16(24-15(2)26)11-12-20(18)29-3/h5-6,8-9,11-12,14H,4,7,10,13H2,1-3H3,(H,23,28)(H,24,26)(H,25,27). The molecule has 0 unspecified atom stereocenters. The minimum absolute atomic E-state index is 0.209. The molecule has 2 aromatic rings. The molecule has 160 valence electrons. The van der Waals surface area contributed by atoms with Gasteiger partial charge in [-0.25, -0.2) is 0 Å². The first-order valence-corrected chi connectivity index (χ1v) is 9.70. The molecule has 2 rings (SSSR count). The second kappa shape index (κ2) is 11.5. The third-order valence-corrected chi connectivity index (χ3v) is 4.09. The van der Waals surface area contributed by atoms with Crippen molar-refractivity contribution in [1.82, 2.24) is 5.32 Å². The molecule has 0 aromatic heterocycles. The van der Waals surface area contributed by atoms with E-state index in [0.717, 1.165) is 0 Å². The van der Waals surface area contributed by atoms with E-state index < -0.39 is 0 Å². The summed E-state index contributed by atoms with van der Waals surface area (Å²) in [6.07, 6.45) is 0.670. The molecule has 2 aromatic carbocycles. The van der Waals surface area contributed by atoms with E-state index in [4.69, 9.17) is 9.47 Å². The Balaban J connectivity index is 1.85. The molecule has 0 aliphatic rings. The second-order valence-corrected chi connectivity index (χ2v) is 6.43. The van der Waals surface area contributed by atoms with Gasteiger partial charge in [0.05, 0.1) is 25.0 Å². The van der Waals surface area contributed by atoms with Crippen molar-refractivity contribution in [3.8, 4) is 11.5 Å². The van der Waals surface area contributed by atoms with Crippen molar-refractivity contribution in [2.75, 3.05) is 30.9 Å². The average molecular weight is 413 g/mol. The Morgan fingerprint density at radius 3 is 2.47 bits per heavy atom. The van der Waals surface area contributed by atoms with Crippen LogP contribution in [0.3, 0.4) is 0 Å². The molecule has 0 heterocycles. The van der Waals surface area contributed by atoms with E-state index in [2.05, 4.69) is 16.0 Å². The molecule has 0 radical (unpaired) electrons. The second-order valence-electron chi connectivity index (χ2n) is 6.43. The third-order valence-electron chi connectivity index (χ3n) is 4.09. The van der Waals surface area contributed by atoms with Gasteiger partial charge in [0, 0.05) is 25.6 Å². The van der Waals surface area contributed by atoms with E-state index >= 15 is 0 Å². The molecule has 8 heteroatoms.